The molecule has 3 aromatic carbocycles. The number of aliphatic hydroxyl groups is 1. The number of carbonyl (C=O) groups excluding carboxylic acids is 2. The molecule has 0 aliphatic carbocycles. The molecular weight excluding hydrogens is 477 g/mol. The van der Waals surface area contributed by atoms with Crippen molar-refractivity contribution < 1.29 is 33.3 Å². The van der Waals surface area contributed by atoms with E-state index in [0.717, 1.165) is 11.1 Å². The number of hydrogen-bond acceptors (Lipinski definition) is 6. The SMILES string of the molecule is COCCN1C(=O)C(=O)/C(=C(/O)c2cc(C)ccc2OC)C1c1ccc(OCc2ccc(F)cc2)cc1. The molecule has 0 bridgehead atoms. The summed E-state index contributed by atoms with van der Waals surface area (Å²) < 4.78 is 29.5. The second-order valence-corrected chi connectivity index (χ2v) is 8.67. The Morgan fingerprint density at radius 3 is 2.35 bits per heavy atom. The fourth-order valence-corrected chi connectivity index (χ4v) is 4.29. The molecule has 1 aliphatic heterocycles. The van der Waals surface area contributed by atoms with Crippen LogP contribution >= 0.6 is 0 Å². The van der Waals surface area contributed by atoms with Crippen molar-refractivity contribution in [3.05, 3.63) is 100 Å². The zero-order chi connectivity index (χ0) is 26.5. The fraction of sp³-hybridized carbons (Fsp3) is 0.241. The normalized spacial score (nSPS) is 16.8. The fourth-order valence-electron chi connectivity index (χ4n) is 4.29. The highest BCUT2D eigenvalue weighted by Crippen LogP contribution is 2.41. The van der Waals surface area contributed by atoms with Gasteiger partial charge in [-0.1, -0.05) is 35.9 Å². The first kappa shape index (κ1) is 25.9. The van der Waals surface area contributed by atoms with Crippen LogP contribution in [0, 0.1) is 12.7 Å². The standard InChI is InChI=1S/C29H28FNO6/c1-18-4-13-24(36-3)23(16-18)27(32)25-26(31(14-15-35-2)29(34)28(25)33)20-7-11-22(12-8-20)37-17-19-5-9-21(30)10-6-19/h4-13,16,26,32H,14-15,17H2,1-3H3/b27-25+. The predicted molar refractivity (Wildman–Crippen MR) is 136 cm³/mol. The van der Waals surface area contributed by atoms with E-state index in [4.69, 9.17) is 14.2 Å². The number of Topliss-reactive ketones (excluding diaryl/α,β-unsaturated/α-hetero) is 1. The van der Waals surface area contributed by atoms with Crippen LogP contribution in [-0.2, 0) is 20.9 Å². The average molecular weight is 506 g/mol. The van der Waals surface area contributed by atoms with Crippen LogP contribution in [0.15, 0.2) is 72.3 Å². The number of halogens is 1. The zero-order valence-electron chi connectivity index (χ0n) is 20.9. The van der Waals surface area contributed by atoms with Gasteiger partial charge in [-0.2, -0.15) is 0 Å². The second kappa shape index (κ2) is 11.3. The number of benzene rings is 3. The average Bonchev–Trinajstić information content (AvgIpc) is 3.16. The largest absolute Gasteiger partial charge is 0.507 e. The topological polar surface area (TPSA) is 85.3 Å². The van der Waals surface area contributed by atoms with Crippen molar-refractivity contribution in [2.75, 3.05) is 27.4 Å². The van der Waals surface area contributed by atoms with Crippen LogP contribution < -0.4 is 9.47 Å². The Morgan fingerprint density at radius 1 is 1.00 bits per heavy atom. The maximum atomic E-state index is 13.2. The molecule has 0 aromatic heterocycles. The maximum Gasteiger partial charge on any atom is 0.295 e. The summed E-state index contributed by atoms with van der Waals surface area (Å²) >= 11 is 0. The summed E-state index contributed by atoms with van der Waals surface area (Å²) in [6.45, 7) is 2.49. The van der Waals surface area contributed by atoms with Crippen LogP contribution in [0.25, 0.3) is 5.76 Å². The van der Waals surface area contributed by atoms with Gasteiger partial charge in [-0.3, -0.25) is 9.59 Å². The Hall–Kier alpha value is -4.17. The number of likely N-dealkylation sites (tertiary alicyclic amines) is 1. The number of carbonyl (C=O) groups is 2. The third-order valence-electron chi connectivity index (χ3n) is 6.20. The van der Waals surface area contributed by atoms with Gasteiger partial charge in [-0.05, 0) is 54.4 Å². The van der Waals surface area contributed by atoms with Crippen molar-refractivity contribution in [2.45, 2.75) is 19.6 Å². The minimum Gasteiger partial charge on any atom is -0.507 e. The summed E-state index contributed by atoms with van der Waals surface area (Å²) in [4.78, 5) is 27.6. The van der Waals surface area contributed by atoms with E-state index in [1.54, 1.807) is 48.5 Å². The molecule has 1 fully saturated rings. The molecule has 0 spiro atoms. The molecule has 192 valence electrons. The lowest BCUT2D eigenvalue weighted by molar-refractivity contribution is -0.140. The first-order chi connectivity index (χ1) is 17.8. The lowest BCUT2D eigenvalue weighted by atomic mass is 9.94. The molecule has 1 saturated heterocycles. The monoisotopic (exact) mass is 505 g/mol. The number of amides is 1. The number of rotatable bonds is 9. The zero-order valence-corrected chi connectivity index (χ0v) is 20.9. The van der Waals surface area contributed by atoms with Crippen LogP contribution in [0.2, 0.25) is 0 Å². The van der Waals surface area contributed by atoms with Gasteiger partial charge < -0.3 is 24.2 Å². The number of hydrogen-bond donors (Lipinski definition) is 1. The molecule has 4 rings (SSSR count). The van der Waals surface area contributed by atoms with Gasteiger partial charge in [-0.15, -0.1) is 0 Å². The maximum absolute atomic E-state index is 13.2. The Labute approximate surface area is 214 Å². The molecule has 1 aliphatic rings. The number of methoxy groups -OCH3 is 2. The van der Waals surface area contributed by atoms with Gasteiger partial charge in [0.2, 0.25) is 0 Å². The molecule has 1 N–H and O–H groups in total. The van der Waals surface area contributed by atoms with Crippen molar-refractivity contribution in [1.29, 1.82) is 0 Å². The molecule has 0 radical (unpaired) electrons. The highest BCUT2D eigenvalue weighted by atomic mass is 19.1. The predicted octanol–water partition coefficient (Wildman–Crippen LogP) is 4.79. The molecule has 1 amide bonds. The summed E-state index contributed by atoms with van der Waals surface area (Å²) in [5.74, 6) is -1.18. The van der Waals surface area contributed by atoms with Crippen molar-refractivity contribution in [3.8, 4) is 11.5 Å². The van der Waals surface area contributed by atoms with Gasteiger partial charge in [0.25, 0.3) is 11.7 Å². The van der Waals surface area contributed by atoms with Crippen molar-refractivity contribution in [2.24, 2.45) is 0 Å². The van der Waals surface area contributed by atoms with Crippen LogP contribution in [-0.4, -0.2) is 49.1 Å². The number of ether oxygens (including phenoxy) is 3. The van der Waals surface area contributed by atoms with Crippen LogP contribution in [0.1, 0.15) is 28.3 Å². The molecule has 3 aromatic rings. The summed E-state index contributed by atoms with van der Waals surface area (Å²) in [6.07, 6.45) is 0. The molecule has 7 nitrogen and oxygen atoms in total. The summed E-state index contributed by atoms with van der Waals surface area (Å²) in [5.41, 5.74) is 2.60. The van der Waals surface area contributed by atoms with E-state index in [9.17, 15) is 19.1 Å². The van der Waals surface area contributed by atoms with E-state index in [-0.39, 0.29) is 36.9 Å². The molecular formula is C29H28FNO6. The van der Waals surface area contributed by atoms with Gasteiger partial charge in [0.05, 0.1) is 30.9 Å². The highest BCUT2D eigenvalue weighted by molar-refractivity contribution is 6.46. The van der Waals surface area contributed by atoms with Gasteiger partial charge in [0.15, 0.2) is 0 Å². The minimum atomic E-state index is -0.827. The van der Waals surface area contributed by atoms with Crippen LogP contribution in [0.4, 0.5) is 4.39 Å². The Morgan fingerprint density at radius 2 is 1.70 bits per heavy atom. The third kappa shape index (κ3) is 5.49. The van der Waals surface area contributed by atoms with Crippen molar-refractivity contribution >= 4 is 17.4 Å². The highest BCUT2D eigenvalue weighted by Gasteiger charge is 2.46. The molecule has 1 heterocycles. The quantitative estimate of drug-likeness (QED) is 0.256. The van der Waals surface area contributed by atoms with Crippen molar-refractivity contribution in [3.63, 3.8) is 0 Å². The number of aliphatic hydroxyl groups excluding tert-OH is 1. The molecule has 1 atom stereocenters. The van der Waals surface area contributed by atoms with E-state index in [0.29, 0.717) is 22.6 Å². The van der Waals surface area contributed by atoms with E-state index in [2.05, 4.69) is 0 Å². The van der Waals surface area contributed by atoms with Gasteiger partial charge in [-0.25, -0.2) is 4.39 Å². The van der Waals surface area contributed by atoms with Crippen LogP contribution in [0.3, 0.4) is 0 Å². The Bertz CT molecular complexity index is 1320. The summed E-state index contributed by atoms with van der Waals surface area (Å²) in [5, 5.41) is 11.3. The molecule has 37 heavy (non-hydrogen) atoms. The molecule has 1 unspecified atom stereocenters. The number of aryl methyl sites for hydroxylation is 1. The smallest absolute Gasteiger partial charge is 0.295 e. The van der Waals surface area contributed by atoms with E-state index < -0.39 is 17.7 Å². The van der Waals surface area contributed by atoms with Crippen LogP contribution in [0.5, 0.6) is 11.5 Å². The first-order valence-electron chi connectivity index (χ1n) is 11.7. The Balaban J connectivity index is 1.70. The van der Waals surface area contributed by atoms with Gasteiger partial charge >= 0.3 is 0 Å². The van der Waals surface area contributed by atoms with Gasteiger partial charge in [0, 0.05) is 13.7 Å². The molecule has 8 heteroatoms. The number of ketones is 1. The molecule has 0 saturated carbocycles. The first-order valence-corrected chi connectivity index (χ1v) is 11.7. The third-order valence-corrected chi connectivity index (χ3v) is 6.20. The Kier molecular flexibility index (Phi) is 7.89. The lowest BCUT2D eigenvalue weighted by Gasteiger charge is -2.25. The van der Waals surface area contributed by atoms with Crippen molar-refractivity contribution in [1.82, 2.24) is 4.90 Å². The van der Waals surface area contributed by atoms with E-state index >= 15 is 0 Å². The lowest BCUT2D eigenvalue weighted by Crippen LogP contribution is -2.32. The van der Waals surface area contributed by atoms with Gasteiger partial charge in [0.1, 0.15) is 29.7 Å². The second-order valence-electron chi connectivity index (χ2n) is 8.67. The minimum absolute atomic E-state index is 0.0232. The summed E-state index contributed by atoms with van der Waals surface area (Å²) in [6, 6.07) is 17.4. The van der Waals surface area contributed by atoms with E-state index in [1.165, 1.54) is 31.3 Å². The number of nitrogens with zero attached hydrogens (tertiary/aromatic N) is 1. The summed E-state index contributed by atoms with van der Waals surface area (Å²) in [7, 11) is 2.98. The van der Waals surface area contributed by atoms with E-state index in [1.807, 2.05) is 13.0 Å².